The summed E-state index contributed by atoms with van der Waals surface area (Å²) in [5.41, 5.74) is 0.0649. The minimum atomic E-state index is -1.05. The lowest BCUT2D eigenvalue weighted by Gasteiger charge is -2.36. The molecule has 2 fully saturated rings. The number of carbonyl (C=O) groups is 4. The number of anilines is 1. The van der Waals surface area contributed by atoms with Crippen LogP contribution in [-0.2, 0) is 19.1 Å². The number of hydrogen-bond acceptors (Lipinski definition) is 10. The monoisotopic (exact) mass is 610 g/mol. The van der Waals surface area contributed by atoms with E-state index in [4.69, 9.17) is 9.47 Å². The number of nitrogens with zero attached hydrogens (tertiary/aromatic N) is 5. The fourth-order valence-electron chi connectivity index (χ4n) is 5.07. The molecule has 2 aliphatic rings. The van der Waals surface area contributed by atoms with E-state index in [1.165, 1.54) is 4.90 Å². The number of ether oxygens (including phenoxy) is 2. The van der Waals surface area contributed by atoms with Crippen LogP contribution in [0.15, 0.2) is 36.4 Å². The Balaban J connectivity index is 1.56. The van der Waals surface area contributed by atoms with Crippen molar-refractivity contribution in [3.05, 3.63) is 42.1 Å². The number of hydrogen-bond donors (Lipinski definition) is 2. The number of esters is 1. The Hall–Kier alpha value is -4.26. The second kappa shape index (κ2) is 14.5. The van der Waals surface area contributed by atoms with Gasteiger partial charge in [-0.3, -0.25) is 14.4 Å². The summed E-state index contributed by atoms with van der Waals surface area (Å²) in [4.78, 5) is 66.3. The topological polar surface area (TPSA) is 154 Å². The van der Waals surface area contributed by atoms with Gasteiger partial charge in [0.15, 0.2) is 5.82 Å². The van der Waals surface area contributed by atoms with Crippen LogP contribution in [0.25, 0.3) is 11.4 Å². The molecule has 238 valence electrons. The molecule has 3 amide bonds. The molecule has 2 aliphatic heterocycles. The van der Waals surface area contributed by atoms with Gasteiger partial charge >= 0.3 is 12.1 Å². The van der Waals surface area contributed by atoms with Crippen LogP contribution in [0.2, 0.25) is 0 Å². The number of β-amino-alcohol motifs (C(OH)–C–C–N with tert-alkyl or cyclic N) is 1. The first-order valence-corrected chi connectivity index (χ1v) is 15.0. The van der Waals surface area contributed by atoms with Crippen LogP contribution in [0.4, 0.5) is 10.6 Å². The highest BCUT2D eigenvalue weighted by Crippen LogP contribution is 2.24. The average molecular weight is 611 g/mol. The zero-order valence-electron chi connectivity index (χ0n) is 25.8. The van der Waals surface area contributed by atoms with E-state index in [-0.39, 0.29) is 57.2 Å². The number of aromatic nitrogens is 2. The Labute approximate surface area is 257 Å². The van der Waals surface area contributed by atoms with E-state index in [1.807, 2.05) is 35.2 Å². The molecule has 2 atom stereocenters. The number of aliphatic hydroxyl groups excluding tert-OH is 1. The van der Waals surface area contributed by atoms with Crippen LogP contribution < -0.4 is 10.2 Å². The fourth-order valence-corrected chi connectivity index (χ4v) is 5.07. The van der Waals surface area contributed by atoms with E-state index >= 15 is 0 Å². The van der Waals surface area contributed by atoms with Crippen molar-refractivity contribution >= 4 is 29.7 Å². The van der Waals surface area contributed by atoms with Gasteiger partial charge in [-0.05, 0) is 40.5 Å². The molecule has 4 rings (SSSR count). The van der Waals surface area contributed by atoms with E-state index in [0.717, 1.165) is 0 Å². The summed E-state index contributed by atoms with van der Waals surface area (Å²) in [5.74, 6) is -0.627. The van der Waals surface area contributed by atoms with Crippen LogP contribution in [0, 0.1) is 0 Å². The van der Waals surface area contributed by atoms with E-state index in [9.17, 15) is 24.3 Å². The SMILES string of the molecule is CCOC(=O)N1CCN(C(=O)[C@H](CCC(=O)OC(C)(C)C)NC(=O)c2cc(N3CC[C@@H](O)C3)nc(-c3ccccc3)n2)CC1. The normalized spacial score (nSPS) is 17.7. The van der Waals surface area contributed by atoms with Gasteiger partial charge < -0.3 is 34.6 Å². The quantitative estimate of drug-likeness (QED) is 0.404. The number of piperazine rings is 1. The van der Waals surface area contributed by atoms with E-state index in [2.05, 4.69) is 15.3 Å². The Kier molecular flexibility index (Phi) is 10.7. The Morgan fingerprint density at radius 2 is 1.70 bits per heavy atom. The number of benzene rings is 1. The third-order valence-electron chi connectivity index (χ3n) is 7.24. The van der Waals surface area contributed by atoms with Crippen molar-refractivity contribution < 1.29 is 33.8 Å². The van der Waals surface area contributed by atoms with E-state index < -0.39 is 35.7 Å². The van der Waals surface area contributed by atoms with Gasteiger partial charge in [-0.25, -0.2) is 14.8 Å². The molecular formula is C31H42N6O7. The zero-order chi connectivity index (χ0) is 31.9. The fraction of sp³-hybridized carbons (Fsp3) is 0.548. The maximum Gasteiger partial charge on any atom is 0.409 e. The number of carbonyl (C=O) groups excluding carboxylic acids is 4. The molecule has 0 spiro atoms. The molecule has 3 heterocycles. The molecule has 0 unspecified atom stereocenters. The lowest BCUT2D eigenvalue weighted by atomic mass is 10.1. The largest absolute Gasteiger partial charge is 0.460 e. The molecule has 13 heteroatoms. The maximum atomic E-state index is 13.7. The van der Waals surface area contributed by atoms with Gasteiger partial charge in [0.05, 0.1) is 12.7 Å². The van der Waals surface area contributed by atoms with Crippen molar-refractivity contribution in [1.82, 2.24) is 25.1 Å². The molecule has 2 saturated heterocycles. The highest BCUT2D eigenvalue weighted by Gasteiger charge is 2.32. The molecule has 0 bridgehead atoms. The standard InChI is InChI=1S/C31H42N6O7/c1-5-43-30(42)36-17-15-35(16-18-36)29(41)23(11-12-26(39)44-31(2,3)4)33-28(40)24-19-25(37-14-13-22(38)20-37)34-27(32-24)21-9-7-6-8-10-21/h6-10,19,22-23,38H,5,11-18,20H2,1-4H3,(H,33,40)/t22-,23+/m1/s1. The smallest absolute Gasteiger partial charge is 0.409 e. The molecule has 44 heavy (non-hydrogen) atoms. The first-order chi connectivity index (χ1) is 20.9. The van der Waals surface area contributed by atoms with Gasteiger partial charge in [-0.15, -0.1) is 0 Å². The Morgan fingerprint density at radius 3 is 2.32 bits per heavy atom. The number of aliphatic hydroxyl groups is 1. The van der Waals surface area contributed by atoms with E-state index in [1.54, 1.807) is 38.7 Å². The third-order valence-corrected chi connectivity index (χ3v) is 7.24. The zero-order valence-corrected chi connectivity index (χ0v) is 25.8. The van der Waals surface area contributed by atoms with Gasteiger partial charge in [-0.2, -0.15) is 0 Å². The molecule has 0 aliphatic carbocycles. The van der Waals surface area contributed by atoms with Gasteiger partial charge in [0, 0.05) is 57.3 Å². The van der Waals surface area contributed by atoms with Crippen molar-refractivity contribution in [2.24, 2.45) is 0 Å². The Bertz CT molecular complexity index is 1320. The summed E-state index contributed by atoms with van der Waals surface area (Å²) in [7, 11) is 0. The summed E-state index contributed by atoms with van der Waals surface area (Å²) in [6, 6.07) is 9.73. The van der Waals surface area contributed by atoms with Crippen LogP contribution in [0.5, 0.6) is 0 Å². The summed E-state index contributed by atoms with van der Waals surface area (Å²) in [5, 5.41) is 12.9. The lowest BCUT2D eigenvalue weighted by Crippen LogP contribution is -2.56. The van der Waals surface area contributed by atoms with E-state index in [0.29, 0.717) is 36.7 Å². The predicted molar refractivity (Wildman–Crippen MR) is 162 cm³/mol. The lowest BCUT2D eigenvalue weighted by molar-refractivity contribution is -0.155. The second-order valence-electron chi connectivity index (χ2n) is 11.9. The van der Waals surface area contributed by atoms with Crippen molar-refractivity contribution in [2.75, 3.05) is 50.8 Å². The van der Waals surface area contributed by atoms with Crippen LogP contribution in [0.3, 0.4) is 0 Å². The van der Waals surface area contributed by atoms with Gasteiger partial charge in [0.25, 0.3) is 5.91 Å². The minimum Gasteiger partial charge on any atom is -0.460 e. The number of nitrogens with one attached hydrogen (secondary N) is 1. The summed E-state index contributed by atoms with van der Waals surface area (Å²) in [6.45, 7) is 9.29. The number of rotatable bonds is 9. The first kappa shape index (κ1) is 32.6. The highest BCUT2D eigenvalue weighted by molar-refractivity contribution is 5.97. The molecular weight excluding hydrogens is 568 g/mol. The molecule has 13 nitrogen and oxygen atoms in total. The van der Waals surface area contributed by atoms with Gasteiger partial charge in [0.1, 0.15) is 23.2 Å². The third kappa shape index (κ3) is 8.88. The Morgan fingerprint density at radius 1 is 1.02 bits per heavy atom. The maximum absolute atomic E-state index is 13.7. The van der Waals surface area contributed by atoms with Crippen molar-refractivity contribution in [2.45, 2.75) is 64.7 Å². The van der Waals surface area contributed by atoms with Crippen molar-refractivity contribution in [3.8, 4) is 11.4 Å². The molecule has 0 saturated carbocycles. The van der Waals surface area contributed by atoms with Crippen molar-refractivity contribution in [1.29, 1.82) is 0 Å². The minimum absolute atomic E-state index is 0.0133. The first-order valence-electron chi connectivity index (χ1n) is 15.0. The predicted octanol–water partition coefficient (Wildman–Crippen LogP) is 2.24. The van der Waals surface area contributed by atoms with Crippen molar-refractivity contribution in [3.63, 3.8) is 0 Å². The molecule has 2 aromatic rings. The molecule has 2 N–H and O–H groups in total. The molecule has 1 aromatic carbocycles. The average Bonchev–Trinajstić information content (AvgIpc) is 3.44. The van der Waals surface area contributed by atoms with Gasteiger partial charge in [-0.1, -0.05) is 30.3 Å². The van der Waals surface area contributed by atoms with Crippen LogP contribution >= 0.6 is 0 Å². The molecule has 1 aromatic heterocycles. The number of amides is 3. The van der Waals surface area contributed by atoms with Gasteiger partial charge in [0.2, 0.25) is 5.91 Å². The summed E-state index contributed by atoms with van der Waals surface area (Å²) in [6.07, 6.45) is -0.432. The summed E-state index contributed by atoms with van der Waals surface area (Å²) < 4.78 is 10.5. The summed E-state index contributed by atoms with van der Waals surface area (Å²) >= 11 is 0. The van der Waals surface area contributed by atoms with Crippen LogP contribution in [0.1, 0.15) is 57.4 Å². The second-order valence-corrected chi connectivity index (χ2v) is 11.9. The highest BCUT2D eigenvalue weighted by atomic mass is 16.6. The molecule has 0 radical (unpaired) electrons. The van der Waals surface area contributed by atoms with Crippen LogP contribution in [-0.4, -0.2) is 112 Å².